The molecule has 4 nitrogen and oxygen atoms in total. The Hall–Kier alpha value is -0.850. The Morgan fingerprint density at radius 1 is 1.17 bits per heavy atom. The van der Waals surface area contributed by atoms with Crippen molar-refractivity contribution in [2.45, 2.75) is 101 Å². The van der Waals surface area contributed by atoms with Gasteiger partial charge >= 0.3 is 0 Å². The van der Waals surface area contributed by atoms with Crippen molar-refractivity contribution in [1.29, 1.82) is 0 Å². The predicted octanol–water partition coefficient (Wildman–Crippen LogP) is 6.82. The summed E-state index contributed by atoms with van der Waals surface area (Å²) < 4.78 is 19.2. The molecule has 35 heavy (non-hydrogen) atoms. The van der Waals surface area contributed by atoms with Crippen LogP contribution in [0.5, 0.6) is 0 Å². The van der Waals surface area contributed by atoms with E-state index in [-0.39, 0.29) is 40.2 Å². The van der Waals surface area contributed by atoms with E-state index >= 15 is 0 Å². The van der Waals surface area contributed by atoms with E-state index in [1.165, 1.54) is 17.7 Å². The molecule has 0 radical (unpaired) electrons. The molecule has 1 aromatic rings. The molecule has 9 atom stereocenters. The van der Waals surface area contributed by atoms with Crippen LogP contribution in [0, 0.1) is 28.1 Å². The second kappa shape index (κ2) is 10.1. The van der Waals surface area contributed by atoms with E-state index in [0.717, 1.165) is 45.1 Å². The summed E-state index contributed by atoms with van der Waals surface area (Å²) in [5.41, 5.74) is -0.616. The first-order chi connectivity index (χ1) is 16.8. The summed E-state index contributed by atoms with van der Waals surface area (Å²) in [4.78, 5) is 1.22. The average Bonchev–Trinajstić information content (AvgIpc) is 3.35. The molecule has 2 saturated heterocycles. The maximum atomic E-state index is 11.7. The number of rotatable bonds is 8. The molecule has 0 bridgehead atoms. The van der Waals surface area contributed by atoms with E-state index < -0.39 is 0 Å². The van der Waals surface area contributed by atoms with Gasteiger partial charge in [-0.05, 0) is 75.3 Å². The van der Waals surface area contributed by atoms with E-state index in [1.807, 2.05) is 11.8 Å². The van der Waals surface area contributed by atoms with Gasteiger partial charge in [0, 0.05) is 27.7 Å². The van der Waals surface area contributed by atoms with E-state index in [4.69, 9.17) is 14.2 Å². The van der Waals surface area contributed by atoms with Crippen LogP contribution in [-0.4, -0.2) is 42.3 Å². The fourth-order valence-electron chi connectivity index (χ4n) is 7.83. The van der Waals surface area contributed by atoms with Crippen molar-refractivity contribution in [2.24, 2.45) is 28.1 Å². The zero-order chi connectivity index (χ0) is 24.7. The zero-order valence-corrected chi connectivity index (χ0v) is 22.6. The van der Waals surface area contributed by atoms with Gasteiger partial charge in [-0.2, -0.15) is 0 Å². The highest BCUT2D eigenvalue weighted by Gasteiger charge is 2.74. The van der Waals surface area contributed by atoms with E-state index in [1.54, 1.807) is 0 Å². The van der Waals surface area contributed by atoms with Gasteiger partial charge in [0.1, 0.15) is 5.44 Å². The molecule has 2 saturated carbocycles. The van der Waals surface area contributed by atoms with E-state index in [9.17, 15) is 5.11 Å². The van der Waals surface area contributed by atoms with Gasteiger partial charge in [0.25, 0.3) is 0 Å². The molecule has 0 unspecified atom stereocenters. The van der Waals surface area contributed by atoms with Gasteiger partial charge in [-0.15, -0.1) is 6.58 Å². The Labute approximate surface area is 216 Å². The SMILES string of the molecule is C=C[C@@](C)(CO[C@H]1CCCCO1)C[C@H]1O[C@@H](Sc2ccccc2)[C@@]23[C@@H](CC[C@@H](C)[C@@]12C)CC[C@H]3O. The monoisotopic (exact) mass is 500 g/mol. The van der Waals surface area contributed by atoms with Crippen molar-refractivity contribution in [2.75, 3.05) is 13.2 Å². The molecule has 2 aliphatic carbocycles. The lowest BCUT2D eigenvalue weighted by molar-refractivity contribution is -0.178. The summed E-state index contributed by atoms with van der Waals surface area (Å²) in [6, 6.07) is 10.6. The van der Waals surface area contributed by atoms with E-state index in [0.29, 0.717) is 18.4 Å². The quantitative estimate of drug-likeness (QED) is 0.397. The summed E-state index contributed by atoms with van der Waals surface area (Å²) in [5.74, 6) is 0.987. The fourth-order valence-corrected chi connectivity index (χ4v) is 9.38. The summed E-state index contributed by atoms with van der Waals surface area (Å²) in [5, 5.41) is 11.7. The van der Waals surface area contributed by atoms with Crippen LogP contribution < -0.4 is 0 Å². The van der Waals surface area contributed by atoms with Crippen molar-refractivity contribution >= 4 is 11.8 Å². The number of hydrogen-bond acceptors (Lipinski definition) is 5. The van der Waals surface area contributed by atoms with Crippen LogP contribution >= 0.6 is 11.8 Å². The first-order valence-corrected chi connectivity index (χ1v) is 14.6. The number of thioether (sulfide) groups is 1. The van der Waals surface area contributed by atoms with Crippen LogP contribution in [0.15, 0.2) is 47.9 Å². The minimum Gasteiger partial charge on any atom is -0.392 e. The second-order valence-electron chi connectivity index (χ2n) is 12.0. The minimum absolute atomic E-state index is 0.0353. The van der Waals surface area contributed by atoms with Crippen molar-refractivity contribution in [3.63, 3.8) is 0 Å². The Bertz CT molecular complexity index is 872. The molecule has 5 rings (SSSR count). The second-order valence-corrected chi connectivity index (χ2v) is 13.2. The third-order valence-electron chi connectivity index (χ3n) is 10.1. The third-order valence-corrected chi connectivity index (χ3v) is 11.4. The van der Waals surface area contributed by atoms with Gasteiger partial charge in [0.05, 0.1) is 18.8 Å². The number of hydrogen-bond donors (Lipinski definition) is 1. The van der Waals surface area contributed by atoms with Crippen LogP contribution in [0.2, 0.25) is 0 Å². The Balaban J connectivity index is 1.44. The van der Waals surface area contributed by atoms with Gasteiger partial charge < -0.3 is 19.3 Å². The van der Waals surface area contributed by atoms with Gasteiger partial charge in [0.15, 0.2) is 6.29 Å². The number of benzene rings is 1. The molecule has 2 aliphatic heterocycles. The molecule has 1 aromatic carbocycles. The van der Waals surface area contributed by atoms with Crippen LogP contribution in [-0.2, 0) is 14.2 Å². The summed E-state index contributed by atoms with van der Waals surface area (Å²) in [6.45, 7) is 12.7. The molecule has 0 amide bonds. The molecule has 1 N–H and O–H groups in total. The van der Waals surface area contributed by atoms with E-state index in [2.05, 4.69) is 63.8 Å². The van der Waals surface area contributed by atoms with Crippen molar-refractivity contribution in [3.8, 4) is 0 Å². The predicted molar refractivity (Wildman–Crippen MR) is 141 cm³/mol. The maximum Gasteiger partial charge on any atom is 0.157 e. The summed E-state index contributed by atoms with van der Waals surface area (Å²) in [7, 11) is 0. The van der Waals surface area contributed by atoms with Crippen LogP contribution in [0.1, 0.15) is 72.1 Å². The Morgan fingerprint density at radius 2 is 1.94 bits per heavy atom. The van der Waals surface area contributed by atoms with Gasteiger partial charge in [-0.1, -0.05) is 56.8 Å². The first-order valence-electron chi connectivity index (χ1n) is 13.8. The summed E-state index contributed by atoms with van der Waals surface area (Å²) >= 11 is 1.82. The van der Waals surface area contributed by atoms with Gasteiger partial charge in [0.2, 0.25) is 0 Å². The third kappa shape index (κ3) is 4.33. The topological polar surface area (TPSA) is 47.9 Å². The van der Waals surface area contributed by atoms with Crippen molar-refractivity contribution in [3.05, 3.63) is 43.0 Å². The largest absolute Gasteiger partial charge is 0.392 e. The molecule has 5 heteroatoms. The fraction of sp³-hybridized carbons (Fsp3) is 0.733. The molecule has 4 fully saturated rings. The molecule has 1 spiro atoms. The normalized spacial score (nSPS) is 42.7. The lowest BCUT2D eigenvalue weighted by Crippen LogP contribution is -2.59. The molecule has 0 aromatic heterocycles. The van der Waals surface area contributed by atoms with Gasteiger partial charge in [-0.25, -0.2) is 0 Å². The molecule has 194 valence electrons. The zero-order valence-electron chi connectivity index (χ0n) is 21.8. The number of aliphatic hydroxyl groups excluding tert-OH is 1. The molecular formula is C30H44O4S. The van der Waals surface area contributed by atoms with Crippen LogP contribution in [0.25, 0.3) is 0 Å². The molecule has 4 aliphatic rings. The van der Waals surface area contributed by atoms with Crippen LogP contribution in [0.3, 0.4) is 0 Å². The molecule has 2 heterocycles. The lowest BCUT2D eigenvalue weighted by atomic mass is 9.47. The van der Waals surface area contributed by atoms with Crippen LogP contribution in [0.4, 0.5) is 0 Å². The Morgan fingerprint density at radius 3 is 2.66 bits per heavy atom. The lowest BCUT2D eigenvalue weighted by Gasteiger charge is -2.56. The average molecular weight is 501 g/mol. The van der Waals surface area contributed by atoms with Gasteiger partial charge in [-0.3, -0.25) is 0 Å². The smallest absolute Gasteiger partial charge is 0.157 e. The number of ether oxygens (including phenoxy) is 3. The highest BCUT2D eigenvalue weighted by atomic mass is 32.2. The highest BCUT2D eigenvalue weighted by molar-refractivity contribution is 7.99. The summed E-state index contributed by atoms with van der Waals surface area (Å²) in [6.07, 6.45) is 10.1. The van der Waals surface area contributed by atoms with Crippen molar-refractivity contribution in [1.82, 2.24) is 0 Å². The standard InChI is InChI=1S/C30H44O4S/c1-5-28(3,20-33-26-13-9-10-18-32-26)19-25-29(4)21(2)14-15-22-16-17-24(31)30(22,29)27(34-25)35-23-11-7-6-8-12-23/h5-8,11-12,21-22,24-27,31H,1,9-10,13-20H2,2-4H3/t21-,22+,24-,25-,26+,27+,28-,29+,30+/m1/s1. The molecular weight excluding hydrogens is 456 g/mol. The highest BCUT2D eigenvalue weighted by Crippen LogP contribution is 2.73. The Kier molecular flexibility index (Phi) is 7.47. The minimum atomic E-state index is -0.326. The van der Waals surface area contributed by atoms with Crippen molar-refractivity contribution < 1.29 is 19.3 Å². The maximum absolute atomic E-state index is 11.7. The first kappa shape index (κ1) is 25.8. The number of aliphatic hydroxyl groups is 1.